The molecule has 1 heterocycles. The summed E-state index contributed by atoms with van der Waals surface area (Å²) in [4.78, 5) is 3.93. The number of anilines is 1. The number of hydrogen-bond acceptors (Lipinski definition) is 3. The fourth-order valence-corrected chi connectivity index (χ4v) is 1.57. The lowest BCUT2D eigenvalue weighted by Crippen LogP contribution is -2.26. The van der Waals surface area contributed by atoms with Gasteiger partial charge in [-0.3, -0.25) is 15.4 Å². The van der Waals surface area contributed by atoms with Gasteiger partial charge in [0.1, 0.15) is 6.34 Å². The third-order valence-corrected chi connectivity index (χ3v) is 2.58. The summed E-state index contributed by atoms with van der Waals surface area (Å²) < 4.78 is 37.5. The largest absolute Gasteiger partial charge is 0.416 e. The molecule has 0 aromatic heterocycles. The highest BCUT2D eigenvalue weighted by molar-refractivity contribution is 6.33. The van der Waals surface area contributed by atoms with Crippen LogP contribution in [0, 0.1) is 0 Å². The maximum Gasteiger partial charge on any atom is 0.416 e. The number of benzene rings is 1. The molecule has 0 bridgehead atoms. The van der Waals surface area contributed by atoms with Crippen LogP contribution in [0.2, 0.25) is 5.02 Å². The van der Waals surface area contributed by atoms with Crippen LogP contribution in [0.5, 0.6) is 0 Å². The molecule has 1 aliphatic rings. The van der Waals surface area contributed by atoms with Crippen molar-refractivity contribution in [2.45, 2.75) is 6.18 Å². The van der Waals surface area contributed by atoms with Crippen LogP contribution >= 0.6 is 11.6 Å². The fraction of sp³-hybridized carbons (Fsp3) is 0.300. The first-order valence-electron chi connectivity index (χ1n) is 4.87. The van der Waals surface area contributed by atoms with Crippen molar-refractivity contribution in [2.24, 2.45) is 4.99 Å². The van der Waals surface area contributed by atoms with Gasteiger partial charge < -0.3 is 0 Å². The van der Waals surface area contributed by atoms with Crippen molar-refractivity contribution >= 4 is 23.6 Å². The second-order valence-corrected chi connectivity index (χ2v) is 3.93. The van der Waals surface area contributed by atoms with E-state index in [2.05, 4.69) is 10.4 Å². The molecule has 7 heteroatoms. The molecule has 0 saturated heterocycles. The molecule has 2 rings (SSSR count). The normalized spacial score (nSPS) is 15.4. The third-order valence-electron chi connectivity index (χ3n) is 2.25. The van der Waals surface area contributed by atoms with Crippen molar-refractivity contribution in [3.05, 3.63) is 28.8 Å². The number of rotatable bonds is 2. The first-order chi connectivity index (χ1) is 7.97. The molecule has 1 aromatic rings. The quantitative estimate of drug-likeness (QED) is 0.888. The topological polar surface area (TPSA) is 27.6 Å². The van der Waals surface area contributed by atoms with Crippen LogP contribution in [0.15, 0.2) is 23.2 Å². The first-order valence-corrected chi connectivity index (χ1v) is 5.24. The molecule has 1 aliphatic heterocycles. The van der Waals surface area contributed by atoms with E-state index < -0.39 is 11.7 Å². The lowest BCUT2D eigenvalue weighted by molar-refractivity contribution is -0.137. The number of halogens is 4. The van der Waals surface area contributed by atoms with E-state index in [-0.39, 0.29) is 10.7 Å². The predicted molar refractivity (Wildman–Crippen MR) is 60.1 cm³/mol. The highest BCUT2D eigenvalue weighted by Gasteiger charge is 2.31. The minimum absolute atomic E-state index is 0.217. The van der Waals surface area contributed by atoms with Gasteiger partial charge in [-0.2, -0.15) is 13.2 Å². The Bertz CT molecular complexity index is 445. The van der Waals surface area contributed by atoms with Gasteiger partial charge in [-0.05, 0) is 18.2 Å². The van der Waals surface area contributed by atoms with E-state index in [0.717, 1.165) is 12.1 Å². The third kappa shape index (κ3) is 2.82. The summed E-state index contributed by atoms with van der Waals surface area (Å²) in [7, 11) is 0. The van der Waals surface area contributed by atoms with Gasteiger partial charge in [-0.1, -0.05) is 11.6 Å². The summed E-state index contributed by atoms with van der Waals surface area (Å²) in [5.74, 6) is 0. The summed E-state index contributed by atoms with van der Waals surface area (Å²) in [6.45, 7) is 1.22. The van der Waals surface area contributed by atoms with Crippen LogP contribution in [-0.2, 0) is 6.18 Å². The second-order valence-electron chi connectivity index (χ2n) is 3.52. The molecule has 0 aliphatic carbocycles. The van der Waals surface area contributed by atoms with Gasteiger partial charge in [-0.15, -0.1) is 0 Å². The van der Waals surface area contributed by atoms with E-state index in [1.165, 1.54) is 12.4 Å². The number of hydrogen-bond donors (Lipinski definition) is 1. The summed E-state index contributed by atoms with van der Waals surface area (Å²) >= 11 is 5.82. The molecule has 17 heavy (non-hydrogen) atoms. The zero-order valence-corrected chi connectivity index (χ0v) is 9.39. The molecule has 0 amide bonds. The molecule has 92 valence electrons. The van der Waals surface area contributed by atoms with E-state index in [0.29, 0.717) is 13.1 Å². The molecule has 0 atom stereocenters. The molecular weight excluding hydrogens is 255 g/mol. The Morgan fingerprint density at radius 1 is 1.35 bits per heavy atom. The smallest absolute Gasteiger partial charge is 0.296 e. The van der Waals surface area contributed by atoms with Crippen molar-refractivity contribution < 1.29 is 13.2 Å². The zero-order valence-electron chi connectivity index (χ0n) is 8.63. The van der Waals surface area contributed by atoms with Crippen molar-refractivity contribution in [2.75, 3.05) is 18.5 Å². The van der Waals surface area contributed by atoms with Gasteiger partial charge >= 0.3 is 6.18 Å². The summed E-state index contributed by atoms with van der Waals surface area (Å²) in [6.07, 6.45) is -2.85. The van der Waals surface area contributed by atoms with Crippen LogP contribution in [0.3, 0.4) is 0 Å². The van der Waals surface area contributed by atoms with Crippen LogP contribution in [0.25, 0.3) is 0 Å². The minimum atomic E-state index is -4.37. The van der Waals surface area contributed by atoms with Crippen LogP contribution in [0.1, 0.15) is 5.56 Å². The van der Waals surface area contributed by atoms with Gasteiger partial charge in [0.2, 0.25) is 0 Å². The van der Waals surface area contributed by atoms with Gasteiger partial charge in [-0.25, -0.2) is 0 Å². The molecule has 0 saturated carbocycles. The van der Waals surface area contributed by atoms with Crippen LogP contribution in [-0.4, -0.2) is 24.4 Å². The Morgan fingerprint density at radius 3 is 2.71 bits per heavy atom. The van der Waals surface area contributed by atoms with Crippen LogP contribution in [0.4, 0.5) is 18.9 Å². The molecule has 0 spiro atoms. The van der Waals surface area contributed by atoms with E-state index in [1.807, 2.05) is 0 Å². The van der Waals surface area contributed by atoms with Crippen molar-refractivity contribution in [3.8, 4) is 0 Å². The number of alkyl halides is 3. The molecule has 1 N–H and O–H groups in total. The number of hydrazine groups is 1. The highest BCUT2D eigenvalue weighted by atomic mass is 35.5. The van der Waals surface area contributed by atoms with Gasteiger partial charge in [0.15, 0.2) is 0 Å². The SMILES string of the molecule is FC(F)(F)c1ccc(Cl)c(NN2C=NCC2)c1. The van der Waals surface area contributed by atoms with Gasteiger partial charge in [0, 0.05) is 0 Å². The van der Waals surface area contributed by atoms with Crippen molar-refractivity contribution in [3.63, 3.8) is 0 Å². The molecule has 3 nitrogen and oxygen atoms in total. The Labute approximate surface area is 101 Å². The van der Waals surface area contributed by atoms with Gasteiger partial charge in [0.25, 0.3) is 0 Å². The van der Waals surface area contributed by atoms with Crippen molar-refractivity contribution in [1.82, 2.24) is 5.01 Å². The first kappa shape index (κ1) is 12.0. The van der Waals surface area contributed by atoms with E-state index >= 15 is 0 Å². The average molecular weight is 264 g/mol. The highest BCUT2D eigenvalue weighted by Crippen LogP contribution is 2.33. The monoisotopic (exact) mass is 263 g/mol. The number of aliphatic imine (C=N–C) groups is 1. The standard InChI is InChI=1S/C10H9ClF3N3/c11-8-2-1-7(10(12,13)14)5-9(8)16-17-4-3-15-6-17/h1-2,5-6,16H,3-4H2. The van der Waals surface area contributed by atoms with E-state index in [4.69, 9.17) is 11.6 Å². The Balaban J connectivity index is 2.23. The van der Waals surface area contributed by atoms with Crippen LogP contribution < -0.4 is 5.43 Å². The lowest BCUT2D eigenvalue weighted by Gasteiger charge is -2.19. The molecule has 0 radical (unpaired) electrons. The van der Waals surface area contributed by atoms with Gasteiger partial charge in [0.05, 0.1) is 29.4 Å². The summed E-state index contributed by atoms with van der Waals surface area (Å²) in [5.41, 5.74) is 2.26. The summed E-state index contributed by atoms with van der Waals surface area (Å²) in [5, 5.41) is 1.82. The molecular formula is C10H9ClF3N3. The van der Waals surface area contributed by atoms with E-state index in [1.54, 1.807) is 5.01 Å². The fourth-order valence-electron chi connectivity index (χ4n) is 1.41. The lowest BCUT2D eigenvalue weighted by atomic mass is 10.2. The number of nitrogens with one attached hydrogen (secondary N) is 1. The Morgan fingerprint density at radius 2 is 2.12 bits per heavy atom. The molecule has 1 aromatic carbocycles. The second kappa shape index (κ2) is 4.44. The van der Waals surface area contributed by atoms with Crippen molar-refractivity contribution in [1.29, 1.82) is 0 Å². The average Bonchev–Trinajstić information content (AvgIpc) is 2.72. The predicted octanol–water partition coefficient (Wildman–Crippen LogP) is 3.03. The molecule has 0 unspecified atom stereocenters. The number of nitrogens with zero attached hydrogens (tertiary/aromatic N) is 2. The maximum absolute atomic E-state index is 12.5. The Kier molecular flexibility index (Phi) is 3.15. The summed E-state index contributed by atoms with van der Waals surface area (Å²) in [6, 6.07) is 3.15. The Hall–Kier alpha value is -1.43. The minimum Gasteiger partial charge on any atom is -0.296 e. The maximum atomic E-state index is 12.5. The molecule has 0 fully saturated rings. The van der Waals surface area contributed by atoms with E-state index in [9.17, 15) is 13.2 Å². The zero-order chi connectivity index (χ0) is 12.5.